The summed E-state index contributed by atoms with van der Waals surface area (Å²) >= 11 is 0. The van der Waals surface area contributed by atoms with E-state index >= 15 is 0 Å². The van der Waals surface area contributed by atoms with Crippen molar-refractivity contribution in [3.63, 3.8) is 0 Å². The minimum absolute atomic E-state index is 0.324. The number of carboxylic acids is 1. The van der Waals surface area contributed by atoms with E-state index in [4.69, 9.17) is 14.2 Å². The van der Waals surface area contributed by atoms with Gasteiger partial charge in [0, 0.05) is 38.2 Å². The Bertz CT molecular complexity index is 1150. The summed E-state index contributed by atoms with van der Waals surface area (Å²) in [6, 6.07) is 24.7. The van der Waals surface area contributed by atoms with Gasteiger partial charge in [0.1, 0.15) is 12.4 Å². The van der Waals surface area contributed by atoms with E-state index in [1.165, 1.54) is 0 Å². The van der Waals surface area contributed by atoms with Crippen LogP contribution in [-0.4, -0.2) is 62.1 Å². The van der Waals surface area contributed by atoms with Gasteiger partial charge in [-0.15, -0.1) is 0 Å². The average Bonchev–Trinajstić information content (AvgIpc) is 2.93. The van der Waals surface area contributed by atoms with E-state index in [0.29, 0.717) is 38.3 Å². The van der Waals surface area contributed by atoms with Crippen LogP contribution in [0.2, 0.25) is 0 Å². The van der Waals surface area contributed by atoms with Crippen molar-refractivity contribution in [3.05, 3.63) is 78.4 Å². The largest absolute Gasteiger partial charge is 0.492 e. The maximum absolute atomic E-state index is 11.3. The number of hydrogen-bond donors (Lipinski definition) is 3. The number of para-hydroxylation sites is 4. The van der Waals surface area contributed by atoms with Crippen molar-refractivity contribution in [1.29, 1.82) is 0 Å². The summed E-state index contributed by atoms with van der Waals surface area (Å²) < 4.78 is 17.3. The zero-order valence-electron chi connectivity index (χ0n) is 22.9. The molecule has 3 aromatic rings. The third kappa shape index (κ3) is 7.95. The van der Waals surface area contributed by atoms with Crippen LogP contribution in [0.5, 0.6) is 17.2 Å². The van der Waals surface area contributed by atoms with E-state index in [2.05, 4.69) is 29.4 Å². The topological polar surface area (TPSA) is 92.3 Å². The fraction of sp³-hybridized carbons (Fsp3) is 0.387. The number of carbonyl (C=O) groups is 1. The molecule has 8 heteroatoms. The van der Waals surface area contributed by atoms with Crippen LogP contribution in [0, 0.1) is 0 Å². The van der Waals surface area contributed by atoms with E-state index in [0.717, 1.165) is 47.3 Å². The first kappa shape index (κ1) is 28.4. The molecule has 0 amide bonds. The molecule has 0 aromatic heterocycles. The van der Waals surface area contributed by atoms with Gasteiger partial charge in [-0.3, -0.25) is 0 Å². The number of aliphatic carboxylic acids is 1. The number of nitrogens with one attached hydrogen (secondary N) is 2. The number of benzene rings is 3. The number of anilines is 2. The highest BCUT2D eigenvalue weighted by Crippen LogP contribution is 2.45. The van der Waals surface area contributed by atoms with Crippen molar-refractivity contribution < 1.29 is 24.1 Å². The molecule has 0 spiro atoms. The summed E-state index contributed by atoms with van der Waals surface area (Å²) in [5, 5.41) is 16.0. The Kier molecular flexibility index (Phi) is 10.2. The maximum Gasteiger partial charge on any atom is 0.333 e. The van der Waals surface area contributed by atoms with Crippen LogP contribution in [0.4, 0.5) is 11.4 Å². The summed E-state index contributed by atoms with van der Waals surface area (Å²) in [4.78, 5) is 13.5. The van der Waals surface area contributed by atoms with Crippen LogP contribution < -0.4 is 25.0 Å². The van der Waals surface area contributed by atoms with Crippen molar-refractivity contribution in [2.24, 2.45) is 0 Å². The standard InChI is InChI=1S/C25H25NO5.C6H14N2/c1-2-29-24(25(27)28)17-18-11-13-19(14-12-18)30-16-15-26-20-7-3-5-9-22(20)31-23-10-6-4-8-21(23)26;1-5-3-7-4-6(2)8-5/h3-14,24H,2,15-17H2,1H3,(H,27,28);5-8H,3-4H2,1-2H3/t24-;/m0./s1. The summed E-state index contributed by atoms with van der Waals surface area (Å²) in [6.45, 7) is 9.92. The SMILES string of the molecule is CC1CNCC(C)N1.CCO[C@@H](Cc1ccc(OCCN2c3ccccc3Oc3ccccc32)cc1)C(=O)O. The Morgan fingerprint density at radius 2 is 1.56 bits per heavy atom. The number of fused-ring (bicyclic) bond motifs is 2. The second-order valence-electron chi connectivity index (χ2n) is 9.79. The lowest BCUT2D eigenvalue weighted by molar-refractivity contribution is -0.149. The lowest BCUT2D eigenvalue weighted by Gasteiger charge is -2.32. The normalized spacial score (nSPS) is 18.5. The minimum atomic E-state index is -0.951. The highest BCUT2D eigenvalue weighted by molar-refractivity contribution is 5.77. The molecular weight excluding hydrogens is 494 g/mol. The Morgan fingerprint density at radius 3 is 2.08 bits per heavy atom. The first-order valence-electron chi connectivity index (χ1n) is 13.6. The molecule has 0 radical (unpaired) electrons. The Hall–Kier alpha value is -3.59. The van der Waals surface area contributed by atoms with Gasteiger partial charge in [0.15, 0.2) is 17.6 Å². The van der Waals surface area contributed by atoms with Crippen LogP contribution in [0.25, 0.3) is 0 Å². The predicted molar refractivity (Wildman–Crippen MR) is 154 cm³/mol. The van der Waals surface area contributed by atoms with Crippen molar-refractivity contribution in [3.8, 4) is 17.2 Å². The number of carboxylic acid groups (broad SMARTS) is 1. The van der Waals surface area contributed by atoms with Crippen LogP contribution in [-0.2, 0) is 16.0 Å². The molecule has 8 nitrogen and oxygen atoms in total. The van der Waals surface area contributed by atoms with Crippen molar-refractivity contribution in [1.82, 2.24) is 10.6 Å². The highest BCUT2D eigenvalue weighted by atomic mass is 16.5. The van der Waals surface area contributed by atoms with Crippen molar-refractivity contribution >= 4 is 17.3 Å². The zero-order valence-corrected chi connectivity index (χ0v) is 22.9. The molecule has 1 fully saturated rings. The first-order valence-corrected chi connectivity index (χ1v) is 13.6. The first-order chi connectivity index (χ1) is 18.9. The number of ether oxygens (including phenoxy) is 3. The minimum Gasteiger partial charge on any atom is -0.492 e. The quantitative estimate of drug-likeness (QED) is 0.354. The summed E-state index contributed by atoms with van der Waals surface area (Å²) in [7, 11) is 0. The molecule has 39 heavy (non-hydrogen) atoms. The number of nitrogens with zero attached hydrogens (tertiary/aromatic N) is 1. The van der Waals surface area contributed by atoms with Gasteiger partial charge in [-0.25, -0.2) is 4.79 Å². The van der Waals surface area contributed by atoms with Gasteiger partial charge < -0.3 is 34.9 Å². The molecule has 3 N–H and O–H groups in total. The fourth-order valence-corrected chi connectivity index (χ4v) is 4.75. The van der Waals surface area contributed by atoms with Crippen molar-refractivity contribution in [2.45, 2.75) is 45.4 Å². The van der Waals surface area contributed by atoms with E-state index in [-0.39, 0.29) is 0 Å². The summed E-state index contributed by atoms with van der Waals surface area (Å²) in [5.41, 5.74) is 2.91. The van der Waals surface area contributed by atoms with Gasteiger partial charge in [0.25, 0.3) is 0 Å². The molecular formula is C31H39N3O5. The summed E-state index contributed by atoms with van der Waals surface area (Å²) in [6.07, 6.45) is -0.511. The lowest BCUT2D eigenvalue weighted by Crippen LogP contribution is -2.52. The van der Waals surface area contributed by atoms with Gasteiger partial charge in [-0.1, -0.05) is 36.4 Å². The second kappa shape index (κ2) is 14.0. The molecule has 5 rings (SSSR count). The molecule has 2 aliphatic heterocycles. The average molecular weight is 534 g/mol. The predicted octanol–water partition coefficient (Wildman–Crippen LogP) is 5.00. The molecule has 2 unspecified atom stereocenters. The van der Waals surface area contributed by atoms with E-state index in [1.807, 2.05) is 72.8 Å². The van der Waals surface area contributed by atoms with Gasteiger partial charge in [-0.2, -0.15) is 0 Å². The number of rotatable bonds is 9. The molecule has 2 heterocycles. The number of hydrogen-bond acceptors (Lipinski definition) is 7. The van der Waals surface area contributed by atoms with Gasteiger partial charge >= 0.3 is 5.97 Å². The van der Waals surface area contributed by atoms with Gasteiger partial charge in [0.05, 0.1) is 17.9 Å². The third-order valence-corrected chi connectivity index (χ3v) is 6.57. The van der Waals surface area contributed by atoms with Gasteiger partial charge in [-0.05, 0) is 62.7 Å². The van der Waals surface area contributed by atoms with Crippen molar-refractivity contribution in [2.75, 3.05) is 37.7 Å². The molecule has 208 valence electrons. The Morgan fingerprint density at radius 1 is 0.974 bits per heavy atom. The smallest absolute Gasteiger partial charge is 0.333 e. The zero-order chi connectivity index (χ0) is 27.6. The van der Waals surface area contributed by atoms with E-state index in [9.17, 15) is 9.90 Å². The van der Waals surface area contributed by atoms with Crippen LogP contribution >= 0.6 is 0 Å². The monoisotopic (exact) mass is 533 g/mol. The van der Waals surface area contributed by atoms with E-state index in [1.54, 1.807) is 6.92 Å². The highest BCUT2D eigenvalue weighted by Gasteiger charge is 2.23. The molecule has 3 atom stereocenters. The molecule has 0 saturated carbocycles. The molecule has 1 saturated heterocycles. The molecule has 0 bridgehead atoms. The van der Waals surface area contributed by atoms with E-state index < -0.39 is 12.1 Å². The fourth-order valence-electron chi connectivity index (χ4n) is 4.75. The molecule has 2 aliphatic rings. The Balaban J connectivity index is 0.000000379. The third-order valence-electron chi connectivity index (χ3n) is 6.57. The van der Waals surface area contributed by atoms with Crippen LogP contribution in [0.3, 0.4) is 0 Å². The maximum atomic E-state index is 11.3. The van der Waals surface area contributed by atoms with Gasteiger partial charge in [0.2, 0.25) is 0 Å². The molecule has 0 aliphatic carbocycles. The molecule has 3 aromatic carbocycles. The van der Waals surface area contributed by atoms with Crippen LogP contribution in [0.1, 0.15) is 26.3 Å². The summed E-state index contributed by atoms with van der Waals surface area (Å²) in [5.74, 6) is 1.44. The lowest BCUT2D eigenvalue weighted by atomic mass is 10.1. The number of piperazine rings is 1. The Labute approximate surface area is 230 Å². The second-order valence-corrected chi connectivity index (χ2v) is 9.79. The van der Waals surface area contributed by atoms with Crippen LogP contribution in [0.15, 0.2) is 72.8 Å².